The van der Waals surface area contributed by atoms with Crippen LogP contribution in [0.4, 0.5) is 0 Å². The normalized spacial score (nSPS) is 26.3. The number of ether oxygens (including phenoxy) is 1. The van der Waals surface area contributed by atoms with Crippen LogP contribution in [0.5, 0.6) is 0 Å². The molecule has 1 aliphatic carbocycles. The Morgan fingerprint density at radius 2 is 2.05 bits per heavy atom. The van der Waals surface area contributed by atoms with Crippen LogP contribution in [0, 0.1) is 5.92 Å². The van der Waals surface area contributed by atoms with Crippen LogP contribution in [0.25, 0.3) is 6.08 Å². The first-order chi connectivity index (χ1) is 10.3. The predicted molar refractivity (Wildman–Crippen MR) is 81.9 cm³/mol. The van der Waals surface area contributed by atoms with E-state index in [1.165, 1.54) is 11.1 Å². The molecule has 4 rings (SSSR count). The number of hydrogen-bond acceptors (Lipinski definition) is 2. The summed E-state index contributed by atoms with van der Waals surface area (Å²) in [5.41, 5.74) is 2.96. The minimum Gasteiger partial charge on any atom is -0.381 e. The Morgan fingerprint density at radius 1 is 1.24 bits per heavy atom. The van der Waals surface area contributed by atoms with Gasteiger partial charge >= 0.3 is 0 Å². The van der Waals surface area contributed by atoms with Crippen molar-refractivity contribution in [1.29, 1.82) is 0 Å². The number of rotatable bonds is 1. The Balaban J connectivity index is 1.48. The van der Waals surface area contributed by atoms with Crippen LogP contribution in [-0.2, 0) is 14.9 Å². The van der Waals surface area contributed by atoms with Gasteiger partial charge in [-0.2, -0.15) is 0 Å². The van der Waals surface area contributed by atoms with Gasteiger partial charge in [0.05, 0.1) is 12.5 Å². The van der Waals surface area contributed by atoms with Crippen molar-refractivity contribution in [2.24, 2.45) is 5.92 Å². The quantitative estimate of drug-likeness (QED) is 0.793. The summed E-state index contributed by atoms with van der Waals surface area (Å²) in [4.78, 5) is 14.5. The fourth-order valence-electron chi connectivity index (χ4n) is 3.98. The van der Waals surface area contributed by atoms with E-state index in [1.807, 2.05) is 0 Å². The van der Waals surface area contributed by atoms with Crippen LogP contribution in [0.1, 0.15) is 30.4 Å². The third kappa shape index (κ3) is 2.11. The maximum atomic E-state index is 12.5. The standard InChI is InChI=1S/C18H21NO2/c20-17(15-6-12-21-13-15)19-10-8-18(9-11-19)7-5-14-3-1-2-4-16(14)18/h1-5,7,15H,6,8-13H2. The van der Waals surface area contributed by atoms with E-state index in [-0.39, 0.29) is 11.3 Å². The molecule has 0 bridgehead atoms. The van der Waals surface area contributed by atoms with E-state index in [2.05, 4.69) is 41.3 Å². The molecule has 110 valence electrons. The highest BCUT2D eigenvalue weighted by Crippen LogP contribution is 2.43. The second kappa shape index (κ2) is 4.99. The third-order valence-corrected chi connectivity index (χ3v) is 5.33. The van der Waals surface area contributed by atoms with Crippen molar-refractivity contribution in [2.75, 3.05) is 26.3 Å². The van der Waals surface area contributed by atoms with Crippen LogP contribution in [0.15, 0.2) is 30.3 Å². The summed E-state index contributed by atoms with van der Waals surface area (Å²) in [6.07, 6.45) is 7.58. The minimum absolute atomic E-state index is 0.102. The lowest BCUT2D eigenvalue weighted by atomic mass is 9.74. The van der Waals surface area contributed by atoms with Crippen molar-refractivity contribution in [3.63, 3.8) is 0 Å². The highest BCUT2D eigenvalue weighted by atomic mass is 16.5. The Hall–Kier alpha value is -1.61. The van der Waals surface area contributed by atoms with Crippen molar-refractivity contribution in [2.45, 2.75) is 24.7 Å². The second-order valence-electron chi connectivity index (χ2n) is 6.46. The molecule has 2 fully saturated rings. The van der Waals surface area contributed by atoms with Crippen molar-refractivity contribution in [3.05, 3.63) is 41.5 Å². The van der Waals surface area contributed by atoms with Gasteiger partial charge in [0.1, 0.15) is 0 Å². The summed E-state index contributed by atoms with van der Waals surface area (Å²) in [6, 6.07) is 8.66. The number of benzene rings is 1. The topological polar surface area (TPSA) is 29.5 Å². The van der Waals surface area contributed by atoms with Crippen molar-refractivity contribution in [3.8, 4) is 0 Å². The molecule has 1 aromatic rings. The number of carbonyl (C=O) groups excluding carboxylic acids is 1. The van der Waals surface area contributed by atoms with Crippen LogP contribution in [0.3, 0.4) is 0 Å². The van der Waals surface area contributed by atoms with Gasteiger partial charge in [0.2, 0.25) is 5.91 Å². The van der Waals surface area contributed by atoms with Crippen LogP contribution in [0.2, 0.25) is 0 Å². The Bertz CT molecular complexity index is 579. The highest BCUT2D eigenvalue weighted by molar-refractivity contribution is 5.79. The van der Waals surface area contributed by atoms with E-state index >= 15 is 0 Å². The molecular weight excluding hydrogens is 262 g/mol. The number of nitrogens with zero attached hydrogens (tertiary/aromatic N) is 1. The van der Waals surface area contributed by atoms with Gasteiger partial charge < -0.3 is 9.64 Å². The Kier molecular flexibility index (Phi) is 3.11. The molecule has 2 aliphatic heterocycles. The molecule has 3 nitrogen and oxygen atoms in total. The van der Waals surface area contributed by atoms with Gasteiger partial charge in [-0.1, -0.05) is 36.4 Å². The average Bonchev–Trinajstić information content (AvgIpc) is 3.17. The number of likely N-dealkylation sites (tertiary alicyclic amines) is 1. The molecule has 1 aromatic carbocycles. The van der Waals surface area contributed by atoms with E-state index < -0.39 is 0 Å². The predicted octanol–water partition coefficient (Wildman–Crippen LogP) is 2.61. The molecule has 0 radical (unpaired) electrons. The second-order valence-corrected chi connectivity index (χ2v) is 6.46. The fourth-order valence-corrected chi connectivity index (χ4v) is 3.98. The zero-order valence-electron chi connectivity index (χ0n) is 12.3. The highest BCUT2D eigenvalue weighted by Gasteiger charge is 2.40. The van der Waals surface area contributed by atoms with E-state index in [4.69, 9.17) is 4.74 Å². The zero-order valence-corrected chi connectivity index (χ0v) is 12.3. The largest absolute Gasteiger partial charge is 0.381 e. The van der Waals surface area contributed by atoms with E-state index in [0.29, 0.717) is 12.5 Å². The average molecular weight is 283 g/mol. The van der Waals surface area contributed by atoms with Gasteiger partial charge in [0.25, 0.3) is 0 Å². The molecule has 1 unspecified atom stereocenters. The van der Waals surface area contributed by atoms with Crippen LogP contribution >= 0.6 is 0 Å². The minimum atomic E-state index is 0.102. The summed E-state index contributed by atoms with van der Waals surface area (Å²) in [6.45, 7) is 3.09. The number of piperidine rings is 1. The molecule has 1 spiro atoms. The first kappa shape index (κ1) is 13.1. The lowest BCUT2D eigenvalue weighted by molar-refractivity contribution is -0.136. The maximum absolute atomic E-state index is 12.5. The van der Waals surface area contributed by atoms with Gasteiger partial charge in [-0.15, -0.1) is 0 Å². The first-order valence-corrected chi connectivity index (χ1v) is 7.94. The van der Waals surface area contributed by atoms with E-state index in [9.17, 15) is 4.79 Å². The molecule has 3 heteroatoms. The number of amides is 1. The lowest BCUT2D eigenvalue weighted by Crippen LogP contribution is -2.46. The molecule has 3 aliphatic rings. The molecule has 0 aromatic heterocycles. The van der Waals surface area contributed by atoms with Gasteiger partial charge in [0, 0.05) is 25.1 Å². The number of allylic oxidation sites excluding steroid dienone is 1. The van der Waals surface area contributed by atoms with Crippen LogP contribution < -0.4 is 0 Å². The summed E-state index contributed by atoms with van der Waals surface area (Å²) in [5.74, 6) is 0.406. The van der Waals surface area contributed by atoms with Crippen molar-refractivity contribution < 1.29 is 9.53 Å². The van der Waals surface area contributed by atoms with Gasteiger partial charge in [-0.3, -0.25) is 4.79 Å². The van der Waals surface area contributed by atoms with Gasteiger partial charge in [-0.05, 0) is 30.4 Å². The fraction of sp³-hybridized carbons (Fsp3) is 0.500. The summed E-state index contributed by atoms with van der Waals surface area (Å²) >= 11 is 0. The summed E-state index contributed by atoms with van der Waals surface area (Å²) in [5, 5.41) is 0. The monoisotopic (exact) mass is 283 g/mol. The summed E-state index contributed by atoms with van der Waals surface area (Å²) in [7, 11) is 0. The molecule has 1 atom stereocenters. The number of hydrogen-bond donors (Lipinski definition) is 0. The molecular formula is C18H21NO2. The molecule has 0 N–H and O–H groups in total. The van der Waals surface area contributed by atoms with Gasteiger partial charge in [0.15, 0.2) is 0 Å². The van der Waals surface area contributed by atoms with Crippen molar-refractivity contribution >= 4 is 12.0 Å². The Labute approximate surface area is 125 Å². The Morgan fingerprint density at radius 3 is 2.81 bits per heavy atom. The molecule has 1 amide bonds. The molecule has 2 saturated heterocycles. The van der Waals surface area contributed by atoms with Gasteiger partial charge in [-0.25, -0.2) is 0 Å². The molecule has 21 heavy (non-hydrogen) atoms. The molecule has 2 heterocycles. The smallest absolute Gasteiger partial charge is 0.228 e. The maximum Gasteiger partial charge on any atom is 0.228 e. The third-order valence-electron chi connectivity index (χ3n) is 5.33. The summed E-state index contributed by atoms with van der Waals surface area (Å²) < 4.78 is 5.35. The van der Waals surface area contributed by atoms with Crippen molar-refractivity contribution in [1.82, 2.24) is 4.90 Å². The van der Waals surface area contributed by atoms with E-state index in [1.54, 1.807) is 0 Å². The first-order valence-electron chi connectivity index (χ1n) is 7.94. The molecule has 0 saturated carbocycles. The number of carbonyl (C=O) groups is 1. The lowest BCUT2D eigenvalue weighted by Gasteiger charge is -2.40. The zero-order chi connectivity index (χ0) is 14.3. The number of fused-ring (bicyclic) bond motifs is 2. The van der Waals surface area contributed by atoms with E-state index in [0.717, 1.165) is 39.0 Å². The van der Waals surface area contributed by atoms with Crippen LogP contribution in [-0.4, -0.2) is 37.1 Å². The SMILES string of the molecule is O=C(C1CCOC1)N1CCC2(C=Cc3ccccc32)CC1.